The first-order valence-corrected chi connectivity index (χ1v) is 9.48. The van der Waals surface area contributed by atoms with Gasteiger partial charge in [0.2, 0.25) is 5.91 Å². The van der Waals surface area contributed by atoms with Crippen LogP contribution in [0.15, 0.2) is 18.2 Å². The van der Waals surface area contributed by atoms with E-state index in [1.807, 2.05) is 0 Å². The number of benzene rings is 1. The molecule has 0 bridgehead atoms. The van der Waals surface area contributed by atoms with Gasteiger partial charge in [-0.3, -0.25) is 9.69 Å². The van der Waals surface area contributed by atoms with Crippen molar-refractivity contribution < 1.29 is 4.79 Å². The van der Waals surface area contributed by atoms with Gasteiger partial charge in [0, 0.05) is 43.8 Å². The third kappa shape index (κ3) is 4.58. The Hall–Kier alpha value is -1.39. The summed E-state index contributed by atoms with van der Waals surface area (Å²) >= 11 is 0. The van der Waals surface area contributed by atoms with E-state index in [9.17, 15) is 4.79 Å². The number of hydrogen-bond acceptors (Lipinski definition) is 3. The molecule has 1 heterocycles. The third-order valence-electron chi connectivity index (χ3n) is 5.43. The molecule has 1 aliphatic heterocycles. The molecule has 24 heavy (non-hydrogen) atoms. The Bertz CT molecular complexity index is 566. The van der Waals surface area contributed by atoms with Crippen molar-refractivity contribution >= 4 is 11.6 Å². The van der Waals surface area contributed by atoms with Gasteiger partial charge < -0.3 is 10.6 Å². The summed E-state index contributed by atoms with van der Waals surface area (Å²) in [4.78, 5) is 14.9. The lowest BCUT2D eigenvalue weighted by molar-refractivity contribution is -0.120. The maximum Gasteiger partial charge on any atom is 0.227 e. The number of anilines is 1. The molecule has 0 spiro atoms. The number of carbonyl (C=O) groups excluding carboxylic acids is 1. The zero-order valence-electron chi connectivity index (χ0n) is 15.1. The van der Waals surface area contributed by atoms with Crippen molar-refractivity contribution in [2.45, 2.75) is 58.5 Å². The van der Waals surface area contributed by atoms with Crippen molar-refractivity contribution in [3.05, 3.63) is 29.3 Å². The monoisotopic (exact) mass is 329 g/mol. The van der Waals surface area contributed by atoms with E-state index in [-0.39, 0.29) is 11.8 Å². The lowest BCUT2D eigenvalue weighted by Crippen LogP contribution is -2.48. The topological polar surface area (TPSA) is 44.4 Å². The summed E-state index contributed by atoms with van der Waals surface area (Å²) in [6.07, 6.45) is 5.76. The molecule has 2 N–H and O–H groups in total. The Morgan fingerprint density at radius 2 is 2.08 bits per heavy atom. The maximum atomic E-state index is 12.4. The molecule has 0 unspecified atom stereocenters. The normalized spacial score (nSPS) is 23.2. The second kappa shape index (κ2) is 8.13. The summed E-state index contributed by atoms with van der Waals surface area (Å²) in [6, 6.07) is 6.93. The SMILES string of the molecule is Cc1cc(NC(=O)C2CCCCC2)ccc1CN1CCN[C@@H](C)C1. The molecule has 1 saturated carbocycles. The molecule has 2 aliphatic rings. The van der Waals surface area contributed by atoms with Crippen LogP contribution in [0.5, 0.6) is 0 Å². The number of hydrogen-bond donors (Lipinski definition) is 2. The van der Waals surface area contributed by atoms with Crippen LogP contribution in [0.3, 0.4) is 0 Å². The van der Waals surface area contributed by atoms with E-state index in [0.717, 1.165) is 44.7 Å². The lowest BCUT2D eigenvalue weighted by Gasteiger charge is -2.32. The number of amides is 1. The minimum absolute atomic E-state index is 0.206. The van der Waals surface area contributed by atoms with Gasteiger partial charge in [-0.2, -0.15) is 0 Å². The van der Waals surface area contributed by atoms with Crippen LogP contribution in [0.2, 0.25) is 0 Å². The maximum absolute atomic E-state index is 12.4. The average molecular weight is 329 g/mol. The van der Waals surface area contributed by atoms with E-state index in [1.165, 1.54) is 30.4 Å². The highest BCUT2D eigenvalue weighted by atomic mass is 16.1. The Balaban J connectivity index is 1.58. The second-order valence-corrected chi connectivity index (χ2v) is 7.56. The number of aryl methyl sites for hydroxylation is 1. The summed E-state index contributed by atoms with van der Waals surface area (Å²) in [7, 11) is 0. The van der Waals surface area contributed by atoms with Gasteiger partial charge in [0.05, 0.1) is 0 Å². The van der Waals surface area contributed by atoms with E-state index in [2.05, 4.69) is 47.6 Å². The minimum Gasteiger partial charge on any atom is -0.326 e. The second-order valence-electron chi connectivity index (χ2n) is 7.56. The molecule has 1 aliphatic carbocycles. The molecular weight excluding hydrogens is 298 g/mol. The first-order chi connectivity index (χ1) is 11.6. The fourth-order valence-electron chi connectivity index (χ4n) is 3.96. The van der Waals surface area contributed by atoms with Crippen molar-refractivity contribution in [1.82, 2.24) is 10.2 Å². The molecule has 0 radical (unpaired) electrons. The molecule has 132 valence electrons. The first-order valence-electron chi connectivity index (χ1n) is 9.48. The quantitative estimate of drug-likeness (QED) is 0.891. The number of rotatable bonds is 4. The molecule has 1 saturated heterocycles. The van der Waals surface area contributed by atoms with Crippen LogP contribution in [-0.2, 0) is 11.3 Å². The molecule has 0 aromatic heterocycles. The summed E-state index contributed by atoms with van der Waals surface area (Å²) in [5, 5.41) is 6.61. The Kier molecular flexibility index (Phi) is 5.90. The van der Waals surface area contributed by atoms with Crippen molar-refractivity contribution in [2.24, 2.45) is 5.92 Å². The molecule has 4 heteroatoms. The zero-order chi connectivity index (χ0) is 16.9. The van der Waals surface area contributed by atoms with Crippen LogP contribution in [0, 0.1) is 12.8 Å². The highest BCUT2D eigenvalue weighted by molar-refractivity contribution is 5.92. The number of nitrogens with zero attached hydrogens (tertiary/aromatic N) is 1. The number of carbonyl (C=O) groups is 1. The van der Waals surface area contributed by atoms with Crippen molar-refractivity contribution in [3.63, 3.8) is 0 Å². The summed E-state index contributed by atoms with van der Waals surface area (Å²) in [5.41, 5.74) is 3.57. The molecule has 1 aromatic rings. The van der Waals surface area contributed by atoms with Crippen molar-refractivity contribution in [2.75, 3.05) is 25.0 Å². The summed E-state index contributed by atoms with van der Waals surface area (Å²) in [5.74, 6) is 0.416. The van der Waals surface area contributed by atoms with Gasteiger partial charge in [0.1, 0.15) is 0 Å². The van der Waals surface area contributed by atoms with E-state index in [1.54, 1.807) is 0 Å². The Morgan fingerprint density at radius 1 is 1.29 bits per heavy atom. The van der Waals surface area contributed by atoms with Crippen LogP contribution < -0.4 is 10.6 Å². The largest absolute Gasteiger partial charge is 0.326 e. The highest BCUT2D eigenvalue weighted by Gasteiger charge is 2.21. The van der Waals surface area contributed by atoms with Crippen LogP contribution in [0.1, 0.15) is 50.2 Å². The highest BCUT2D eigenvalue weighted by Crippen LogP contribution is 2.25. The fraction of sp³-hybridized carbons (Fsp3) is 0.650. The Labute approximate surface area is 146 Å². The molecule has 2 fully saturated rings. The van der Waals surface area contributed by atoms with Crippen LogP contribution in [-0.4, -0.2) is 36.5 Å². The molecule has 4 nitrogen and oxygen atoms in total. The van der Waals surface area contributed by atoms with Gasteiger partial charge in [-0.05, 0) is 49.9 Å². The van der Waals surface area contributed by atoms with Crippen molar-refractivity contribution in [3.8, 4) is 0 Å². The lowest BCUT2D eigenvalue weighted by atomic mass is 9.88. The van der Waals surface area contributed by atoms with Gasteiger partial charge in [-0.1, -0.05) is 25.3 Å². The summed E-state index contributed by atoms with van der Waals surface area (Å²) in [6.45, 7) is 8.65. The van der Waals surface area contributed by atoms with Gasteiger partial charge in [0.25, 0.3) is 0 Å². The molecule has 1 atom stereocenters. The van der Waals surface area contributed by atoms with E-state index in [0.29, 0.717) is 6.04 Å². The van der Waals surface area contributed by atoms with Crippen LogP contribution in [0.25, 0.3) is 0 Å². The van der Waals surface area contributed by atoms with Crippen LogP contribution >= 0.6 is 0 Å². The smallest absolute Gasteiger partial charge is 0.227 e. The van der Waals surface area contributed by atoms with E-state index < -0.39 is 0 Å². The van der Waals surface area contributed by atoms with E-state index in [4.69, 9.17) is 0 Å². The predicted octanol–water partition coefficient (Wildman–Crippen LogP) is 3.31. The van der Waals surface area contributed by atoms with Crippen molar-refractivity contribution in [1.29, 1.82) is 0 Å². The molecular formula is C20H31N3O. The van der Waals surface area contributed by atoms with Crippen LogP contribution in [0.4, 0.5) is 5.69 Å². The number of piperazine rings is 1. The molecule has 1 aromatic carbocycles. The standard InChI is InChI=1S/C20H31N3O/c1-15-12-19(22-20(24)17-6-4-3-5-7-17)9-8-18(15)14-23-11-10-21-16(2)13-23/h8-9,12,16-17,21H,3-7,10-11,13-14H2,1-2H3,(H,22,24)/t16-/m0/s1. The van der Waals surface area contributed by atoms with E-state index >= 15 is 0 Å². The van der Waals surface area contributed by atoms with Gasteiger partial charge in [0.15, 0.2) is 0 Å². The molecule has 1 amide bonds. The zero-order valence-corrected chi connectivity index (χ0v) is 15.1. The third-order valence-corrected chi connectivity index (χ3v) is 5.43. The Morgan fingerprint density at radius 3 is 2.79 bits per heavy atom. The molecule has 3 rings (SSSR count). The fourth-order valence-corrected chi connectivity index (χ4v) is 3.96. The predicted molar refractivity (Wildman–Crippen MR) is 99.1 cm³/mol. The summed E-state index contributed by atoms with van der Waals surface area (Å²) < 4.78 is 0. The van der Waals surface area contributed by atoms with Gasteiger partial charge in [-0.15, -0.1) is 0 Å². The van der Waals surface area contributed by atoms with Gasteiger partial charge in [-0.25, -0.2) is 0 Å². The number of nitrogens with one attached hydrogen (secondary N) is 2. The van der Waals surface area contributed by atoms with Gasteiger partial charge >= 0.3 is 0 Å². The minimum atomic E-state index is 0.206. The first kappa shape index (κ1) is 17.4. The average Bonchev–Trinajstić information content (AvgIpc) is 2.58.